The Kier molecular flexibility index (Phi) is 5.24. The first-order chi connectivity index (χ1) is 12.3. The number of hydrazine groups is 1. The summed E-state index contributed by atoms with van der Waals surface area (Å²) < 4.78 is 0. The first kappa shape index (κ1) is 18.7. The maximum absolute atomic E-state index is 5.80. The molecular formula is C22H32N4. The highest BCUT2D eigenvalue weighted by molar-refractivity contribution is 5.93. The molecule has 1 saturated carbocycles. The van der Waals surface area contributed by atoms with Gasteiger partial charge in [-0.1, -0.05) is 33.4 Å². The lowest BCUT2D eigenvalue weighted by atomic mass is 9.69. The van der Waals surface area contributed by atoms with E-state index in [1.807, 2.05) is 25.5 Å². The monoisotopic (exact) mass is 352 g/mol. The smallest absolute Gasteiger partial charge is 0.137 e. The first-order valence-electron chi connectivity index (χ1n) is 9.58. The average molecular weight is 353 g/mol. The van der Waals surface area contributed by atoms with Crippen molar-refractivity contribution in [3.63, 3.8) is 0 Å². The van der Waals surface area contributed by atoms with E-state index < -0.39 is 0 Å². The van der Waals surface area contributed by atoms with Crippen molar-refractivity contribution in [1.82, 2.24) is 15.0 Å². The zero-order valence-corrected chi connectivity index (χ0v) is 16.5. The number of nitrogens with one attached hydrogen (secondary N) is 1. The second-order valence-electron chi connectivity index (χ2n) is 8.74. The second-order valence-corrected chi connectivity index (χ2v) is 8.74. The number of aromatic nitrogens is 2. The highest BCUT2D eigenvalue weighted by Gasteiger charge is 2.30. The quantitative estimate of drug-likeness (QED) is 0.451. The number of aromatic amines is 1. The maximum Gasteiger partial charge on any atom is 0.137 e. The summed E-state index contributed by atoms with van der Waals surface area (Å²) in [6.45, 7) is 11.0. The molecule has 0 saturated heterocycles. The number of fused-ring (bicyclic) bond motifs is 1. The van der Waals surface area contributed by atoms with Gasteiger partial charge in [-0.2, -0.15) is 0 Å². The van der Waals surface area contributed by atoms with Crippen LogP contribution in [0.1, 0.15) is 63.5 Å². The predicted molar refractivity (Wildman–Crippen MR) is 110 cm³/mol. The van der Waals surface area contributed by atoms with Gasteiger partial charge in [-0.05, 0) is 54.6 Å². The Morgan fingerprint density at radius 3 is 2.58 bits per heavy atom. The Balaban J connectivity index is 1.88. The Bertz CT molecular complexity index is 799. The van der Waals surface area contributed by atoms with Gasteiger partial charge in [0.2, 0.25) is 0 Å². The Morgan fingerprint density at radius 2 is 2.00 bits per heavy atom. The summed E-state index contributed by atoms with van der Waals surface area (Å²) in [5.41, 5.74) is 4.79. The van der Waals surface area contributed by atoms with Crippen LogP contribution in [-0.4, -0.2) is 22.0 Å². The third kappa shape index (κ3) is 3.85. The van der Waals surface area contributed by atoms with E-state index in [1.165, 1.54) is 31.2 Å². The van der Waals surface area contributed by atoms with Gasteiger partial charge >= 0.3 is 0 Å². The Labute approximate surface area is 157 Å². The molecule has 2 aromatic rings. The summed E-state index contributed by atoms with van der Waals surface area (Å²) in [7, 11) is 1.82. The first-order valence-corrected chi connectivity index (χ1v) is 9.58. The van der Waals surface area contributed by atoms with E-state index in [1.54, 1.807) is 5.01 Å². The molecule has 0 atom stereocenters. The summed E-state index contributed by atoms with van der Waals surface area (Å²) in [6.07, 6.45) is 12.9. The molecule has 26 heavy (non-hydrogen) atoms. The molecule has 3 N–H and O–H groups in total. The molecule has 4 heteroatoms. The molecule has 2 heterocycles. The zero-order chi connectivity index (χ0) is 18.9. The van der Waals surface area contributed by atoms with Crippen molar-refractivity contribution in [2.45, 2.75) is 52.4 Å². The summed E-state index contributed by atoms with van der Waals surface area (Å²) >= 11 is 0. The van der Waals surface area contributed by atoms with Crippen LogP contribution in [0.3, 0.4) is 0 Å². The van der Waals surface area contributed by atoms with E-state index in [9.17, 15) is 0 Å². The van der Waals surface area contributed by atoms with Gasteiger partial charge in [-0.25, -0.2) is 10.8 Å². The van der Waals surface area contributed by atoms with E-state index in [-0.39, 0.29) is 0 Å². The van der Waals surface area contributed by atoms with Crippen LogP contribution in [0.4, 0.5) is 0 Å². The highest BCUT2D eigenvalue weighted by Crippen LogP contribution is 2.43. The molecule has 140 valence electrons. The number of rotatable bonds is 4. The summed E-state index contributed by atoms with van der Waals surface area (Å²) in [5, 5.41) is 2.70. The van der Waals surface area contributed by atoms with Crippen LogP contribution in [0.15, 0.2) is 37.3 Å². The SMILES string of the molecule is C=C/C(=C\N(C)N)c1c[nH]c2ncc(C3CCC(C(C)(C)C)CC3)cc12. The molecule has 0 aliphatic heterocycles. The molecule has 4 nitrogen and oxygen atoms in total. The van der Waals surface area contributed by atoms with Crippen LogP contribution in [0, 0.1) is 11.3 Å². The van der Waals surface area contributed by atoms with Crippen molar-refractivity contribution in [3.05, 3.63) is 48.4 Å². The topological polar surface area (TPSA) is 57.9 Å². The number of hydrogen-bond donors (Lipinski definition) is 2. The lowest BCUT2D eigenvalue weighted by molar-refractivity contribution is 0.169. The zero-order valence-electron chi connectivity index (χ0n) is 16.5. The molecule has 1 fully saturated rings. The van der Waals surface area contributed by atoms with Gasteiger partial charge in [-0.15, -0.1) is 0 Å². The van der Waals surface area contributed by atoms with Crippen LogP contribution in [-0.2, 0) is 0 Å². The van der Waals surface area contributed by atoms with Crippen molar-refractivity contribution in [2.24, 2.45) is 17.2 Å². The van der Waals surface area contributed by atoms with Crippen LogP contribution in [0.25, 0.3) is 16.6 Å². The van der Waals surface area contributed by atoms with Gasteiger partial charge in [0.15, 0.2) is 0 Å². The number of hydrogen-bond acceptors (Lipinski definition) is 3. The third-order valence-electron chi connectivity index (χ3n) is 5.85. The fourth-order valence-corrected chi connectivity index (χ4v) is 4.23. The lowest BCUT2D eigenvalue weighted by Gasteiger charge is -2.37. The van der Waals surface area contributed by atoms with Gasteiger partial charge in [0.1, 0.15) is 5.65 Å². The lowest BCUT2D eigenvalue weighted by Crippen LogP contribution is -2.25. The molecule has 0 unspecified atom stereocenters. The number of allylic oxidation sites excluding steroid dienone is 2. The summed E-state index contributed by atoms with van der Waals surface area (Å²) in [4.78, 5) is 7.95. The van der Waals surface area contributed by atoms with Gasteiger partial charge in [0.25, 0.3) is 0 Å². The minimum Gasteiger partial charge on any atom is -0.346 e. The minimum absolute atomic E-state index is 0.416. The number of nitrogens with two attached hydrogens (primary N) is 1. The molecule has 1 aliphatic rings. The van der Waals surface area contributed by atoms with Crippen molar-refractivity contribution in [3.8, 4) is 0 Å². The highest BCUT2D eigenvalue weighted by atomic mass is 15.4. The van der Waals surface area contributed by atoms with E-state index in [2.05, 4.69) is 49.6 Å². The fourth-order valence-electron chi connectivity index (χ4n) is 4.23. The van der Waals surface area contributed by atoms with Gasteiger partial charge in [0, 0.05) is 42.2 Å². The molecule has 0 bridgehead atoms. The summed E-state index contributed by atoms with van der Waals surface area (Å²) in [5.74, 6) is 7.24. The number of nitrogens with zero attached hydrogens (tertiary/aromatic N) is 2. The van der Waals surface area contributed by atoms with Crippen LogP contribution >= 0.6 is 0 Å². The van der Waals surface area contributed by atoms with E-state index in [0.29, 0.717) is 11.3 Å². The van der Waals surface area contributed by atoms with E-state index in [0.717, 1.165) is 28.1 Å². The molecular weight excluding hydrogens is 320 g/mol. The van der Waals surface area contributed by atoms with E-state index >= 15 is 0 Å². The van der Waals surface area contributed by atoms with Gasteiger partial charge < -0.3 is 9.99 Å². The minimum atomic E-state index is 0.416. The van der Waals surface area contributed by atoms with Crippen molar-refractivity contribution in [2.75, 3.05) is 7.05 Å². The number of H-pyrrole nitrogens is 1. The molecule has 3 rings (SSSR count). The van der Waals surface area contributed by atoms with Crippen LogP contribution in [0.2, 0.25) is 0 Å². The second kappa shape index (κ2) is 7.28. The Morgan fingerprint density at radius 1 is 1.31 bits per heavy atom. The normalized spacial score (nSPS) is 21.8. The van der Waals surface area contributed by atoms with Crippen LogP contribution in [0.5, 0.6) is 0 Å². The Hall–Kier alpha value is -2.07. The van der Waals surface area contributed by atoms with Crippen molar-refractivity contribution in [1.29, 1.82) is 0 Å². The van der Waals surface area contributed by atoms with E-state index in [4.69, 9.17) is 5.84 Å². The summed E-state index contributed by atoms with van der Waals surface area (Å²) in [6, 6.07) is 2.31. The molecule has 0 spiro atoms. The van der Waals surface area contributed by atoms with Crippen molar-refractivity contribution < 1.29 is 0 Å². The maximum atomic E-state index is 5.80. The molecule has 0 radical (unpaired) electrons. The molecule has 0 amide bonds. The fraction of sp³-hybridized carbons (Fsp3) is 0.500. The standard InChI is InChI=1S/C22H32N4/c1-6-15(14-26(5)23)20-13-25-21-19(20)11-17(12-24-21)16-7-9-18(10-8-16)22(2,3)4/h6,11-14,16,18H,1,7-10,23H2,2-5H3,(H,24,25)/b15-14+. The average Bonchev–Trinajstić information content (AvgIpc) is 3.02. The van der Waals surface area contributed by atoms with Crippen molar-refractivity contribution >= 4 is 16.6 Å². The number of pyridine rings is 1. The van der Waals surface area contributed by atoms with Crippen LogP contribution < -0.4 is 5.84 Å². The van der Waals surface area contributed by atoms with Gasteiger partial charge in [0.05, 0.1) is 0 Å². The molecule has 0 aromatic carbocycles. The van der Waals surface area contributed by atoms with Gasteiger partial charge in [-0.3, -0.25) is 0 Å². The third-order valence-corrected chi connectivity index (χ3v) is 5.85. The molecule has 2 aromatic heterocycles. The molecule has 1 aliphatic carbocycles. The largest absolute Gasteiger partial charge is 0.346 e. The predicted octanol–water partition coefficient (Wildman–Crippen LogP) is 5.22.